The van der Waals surface area contributed by atoms with Crippen molar-refractivity contribution in [3.63, 3.8) is 0 Å². The minimum absolute atomic E-state index is 0.399. The highest BCUT2D eigenvalue weighted by molar-refractivity contribution is 6.24. The lowest BCUT2D eigenvalue weighted by Gasteiger charge is -1.64. The summed E-state index contributed by atoms with van der Waals surface area (Å²) in [6.07, 6.45) is 1.42. The molecule has 0 heterocycles. The van der Waals surface area contributed by atoms with Gasteiger partial charge in [-0.05, 0) is 0 Å². The van der Waals surface area contributed by atoms with E-state index in [1.54, 1.807) is 0 Å². The molecule has 30 valence electrons. The number of nitrogens with zero attached hydrogens (tertiary/aromatic N) is 1. The number of hydrogen-bond donors (Lipinski definition) is 1. The smallest absolute Gasteiger partial charge is 0.0595 e. The van der Waals surface area contributed by atoms with Crippen LogP contribution >= 0.6 is 11.6 Å². The van der Waals surface area contributed by atoms with Gasteiger partial charge in [-0.3, -0.25) is 0 Å². The number of hydrazone groups is 1. The van der Waals surface area contributed by atoms with E-state index in [2.05, 4.69) is 10.9 Å². The molecule has 5 heavy (non-hydrogen) atoms. The molecule has 0 aromatic carbocycles. The van der Waals surface area contributed by atoms with Gasteiger partial charge in [-0.2, -0.15) is 5.10 Å². The van der Waals surface area contributed by atoms with Gasteiger partial charge in [0.15, 0.2) is 0 Å². The minimum Gasteiger partial charge on any atom is -0.324 e. The molecule has 2 N–H and O–H groups in total. The Morgan fingerprint density at radius 1 is 2.00 bits per heavy atom. The Morgan fingerprint density at radius 3 is 2.60 bits per heavy atom. The predicted molar refractivity (Wildman–Crippen MR) is 23.4 cm³/mol. The van der Waals surface area contributed by atoms with Gasteiger partial charge >= 0.3 is 0 Å². The summed E-state index contributed by atoms with van der Waals surface area (Å²) in [6.45, 7) is 0. The monoisotopic (exact) mass is 92.0 g/mol. The average Bonchev–Trinajstić information content (AvgIpc) is 1.41. The van der Waals surface area contributed by atoms with Crippen molar-refractivity contribution in [2.75, 3.05) is 5.88 Å². The molecule has 0 aromatic rings. The van der Waals surface area contributed by atoms with E-state index < -0.39 is 0 Å². The van der Waals surface area contributed by atoms with Crippen LogP contribution in [0.15, 0.2) is 5.10 Å². The Hall–Kier alpha value is -0.240. The van der Waals surface area contributed by atoms with E-state index in [4.69, 9.17) is 11.6 Å². The van der Waals surface area contributed by atoms with Crippen molar-refractivity contribution in [2.24, 2.45) is 10.9 Å². The molecule has 0 fully saturated rings. The Morgan fingerprint density at radius 2 is 2.60 bits per heavy atom. The molecule has 0 saturated carbocycles. The number of alkyl halides is 1. The standard InChI is InChI=1S/C2H5ClN2/c3-1-2-5-4/h2H,1,4H2. The number of hydrogen-bond acceptors (Lipinski definition) is 2. The minimum atomic E-state index is 0.399. The van der Waals surface area contributed by atoms with Crippen LogP contribution in [0.1, 0.15) is 0 Å². The first-order chi connectivity index (χ1) is 2.41. The van der Waals surface area contributed by atoms with Crippen LogP contribution < -0.4 is 5.84 Å². The molecule has 0 aliphatic carbocycles. The van der Waals surface area contributed by atoms with Crippen molar-refractivity contribution in [2.45, 2.75) is 0 Å². The maximum Gasteiger partial charge on any atom is 0.0595 e. The van der Waals surface area contributed by atoms with Crippen molar-refractivity contribution in [1.82, 2.24) is 0 Å². The number of rotatable bonds is 1. The van der Waals surface area contributed by atoms with Crippen molar-refractivity contribution >= 4 is 17.8 Å². The zero-order valence-electron chi connectivity index (χ0n) is 2.69. The lowest BCUT2D eigenvalue weighted by Crippen LogP contribution is -1.81. The largest absolute Gasteiger partial charge is 0.324 e. The second-order valence-electron chi connectivity index (χ2n) is 0.486. The summed E-state index contributed by atoms with van der Waals surface area (Å²) in [4.78, 5) is 0. The summed E-state index contributed by atoms with van der Waals surface area (Å²) in [7, 11) is 0. The first-order valence-electron chi connectivity index (χ1n) is 1.19. The molecule has 3 heteroatoms. The van der Waals surface area contributed by atoms with E-state index in [-0.39, 0.29) is 0 Å². The molecule has 0 bridgehead atoms. The quantitative estimate of drug-likeness (QED) is 0.213. The first-order valence-corrected chi connectivity index (χ1v) is 1.73. The van der Waals surface area contributed by atoms with E-state index in [0.29, 0.717) is 5.88 Å². The second kappa shape index (κ2) is 3.76. The van der Waals surface area contributed by atoms with Gasteiger partial charge in [0.05, 0.1) is 5.88 Å². The fourth-order valence-corrected chi connectivity index (χ4v) is 0.120. The van der Waals surface area contributed by atoms with Gasteiger partial charge in [0, 0.05) is 6.21 Å². The summed E-state index contributed by atoms with van der Waals surface area (Å²) < 4.78 is 0. The lowest BCUT2D eigenvalue weighted by molar-refractivity contribution is 1.26. The summed E-state index contributed by atoms with van der Waals surface area (Å²) >= 11 is 5.07. The second-order valence-corrected chi connectivity index (χ2v) is 0.795. The molecule has 0 aliphatic heterocycles. The van der Waals surface area contributed by atoms with E-state index >= 15 is 0 Å². The molecule has 2 nitrogen and oxygen atoms in total. The molecule has 0 amide bonds. The zero-order chi connectivity index (χ0) is 4.12. The van der Waals surface area contributed by atoms with Gasteiger partial charge in [-0.15, -0.1) is 11.6 Å². The van der Waals surface area contributed by atoms with Crippen LogP contribution in [0.25, 0.3) is 0 Å². The highest BCUT2D eigenvalue weighted by Gasteiger charge is 1.56. The van der Waals surface area contributed by atoms with Gasteiger partial charge in [0.1, 0.15) is 0 Å². The van der Waals surface area contributed by atoms with Gasteiger partial charge in [0.25, 0.3) is 0 Å². The third-order valence-corrected chi connectivity index (χ3v) is 0.312. The average molecular weight is 92.5 g/mol. The summed E-state index contributed by atoms with van der Waals surface area (Å²) in [5, 5.41) is 3.10. The van der Waals surface area contributed by atoms with Crippen LogP contribution in [0.5, 0.6) is 0 Å². The normalized spacial score (nSPS) is 9.80. The molecule has 0 atom stereocenters. The molecule has 0 unspecified atom stereocenters. The molecule has 0 saturated heterocycles. The van der Waals surface area contributed by atoms with Gasteiger partial charge in [0.2, 0.25) is 0 Å². The predicted octanol–water partition coefficient (Wildman–Crippen LogP) is 0.170. The van der Waals surface area contributed by atoms with Crippen molar-refractivity contribution in [1.29, 1.82) is 0 Å². The van der Waals surface area contributed by atoms with Gasteiger partial charge < -0.3 is 5.84 Å². The molecule has 0 aliphatic rings. The van der Waals surface area contributed by atoms with Crippen molar-refractivity contribution in [3.8, 4) is 0 Å². The van der Waals surface area contributed by atoms with Gasteiger partial charge in [-0.25, -0.2) is 0 Å². The van der Waals surface area contributed by atoms with Crippen LogP contribution in [0.4, 0.5) is 0 Å². The van der Waals surface area contributed by atoms with E-state index in [1.165, 1.54) is 6.21 Å². The van der Waals surface area contributed by atoms with Crippen LogP contribution in [0.2, 0.25) is 0 Å². The molecule has 0 radical (unpaired) electrons. The summed E-state index contributed by atoms with van der Waals surface area (Å²) in [5.74, 6) is 5.02. The first kappa shape index (κ1) is 4.76. The Bertz CT molecular complexity index is 34.6. The SMILES string of the molecule is NN=CCCl. The Kier molecular flexibility index (Phi) is 3.58. The van der Waals surface area contributed by atoms with Crippen LogP contribution in [-0.2, 0) is 0 Å². The van der Waals surface area contributed by atoms with Crippen LogP contribution in [0.3, 0.4) is 0 Å². The Labute approximate surface area is 35.6 Å². The van der Waals surface area contributed by atoms with E-state index in [1.807, 2.05) is 0 Å². The molecular weight excluding hydrogens is 87.5 g/mol. The number of halogens is 1. The lowest BCUT2D eigenvalue weighted by atomic mass is 10.9. The van der Waals surface area contributed by atoms with Crippen LogP contribution in [0, 0.1) is 0 Å². The van der Waals surface area contributed by atoms with Gasteiger partial charge in [-0.1, -0.05) is 0 Å². The van der Waals surface area contributed by atoms with E-state index in [9.17, 15) is 0 Å². The fraction of sp³-hybridized carbons (Fsp3) is 0.500. The molecule has 0 aromatic heterocycles. The molecule has 0 rings (SSSR count). The summed E-state index contributed by atoms with van der Waals surface area (Å²) in [6, 6.07) is 0. The zero-order valence-corrected chi connectivity index (χ0v) is 3.44. The van der Waals surface area contributed by atoms with Crippen molar-refractivity contribution < 1.29 is 0 Å². The molecular formula is C2H5ClN2. The molecule has 0 spiro atoms. The van der Waals surface area contributed by atoms with E-state index in [0.717, 1.165) is 0 Å². The Balaban J connectivity index is 2.62. The topological polar surface area (TPSA) is 38.4 Å². The maximum atomic E-state index is 5.07. The third kappa shape index (κ3) is 3.76. The maximum absolute atomic E-state index is 5.07. The summed E-state index contributed by atoms with van der Waals surface area (Å²) in [5.41, 5.74) is 0. The third-order valence-electron chi connectivity index (χ3n) is 0.174. The number of nitrogens with two attached hydrogens (primary N) is 1. The van der Waals surface area contributed by atoms with Crippen molar-refractivity contribution in [3.05, 3.63) is 0 Å². The highest BCUT2D eigenvalue weighted by atomic mass is 35.5. The van der Waals surface area contributed by atoms with Crippen LogP contribution in [-0.4, -0.2) is 12.1 Å². The fourth-order valence-electron chi connectivity index (χ4n) is 0.0398. The highest BCUT2D eigenvalue weighted by Crippen LogP contribution is 1.61.